The summed E-state index contributed by atoms with van der Waals surface area (Å²) in [5, 5.41) is 3.41. The van der Waals surface area contributed by atoms with Crippen molar-refractivity contribution >= 4 is 27.3 Å². The van der Waals surface area contributed by atoms with Crippen molar-refractivity contribution in [1.82, 2.24) is 5.32 Å². The lowest BCUT2D eigenvalue weighted by Gasteiger charge is -2.09. The molecule has 0 saturated heterocycles. The van der Waals surface area contributed by atoms with Crippen LogP contribution in [0.1, 0.15) is 35.6 Å². The first-order valence-electron chi connectivity index (χ1n) is 7.42. The molecule has 1 heterocycles. The van der Waals surface area contributed by atoms with Crippen molar-refractivity contribution in [3.63, 3.8) is 0 Å². The maximum absolute atomic E-state index is 5.90. The molecule has 0 aliphatic heterocycles. The van der Waals surface area contributed by atoms with E-state index in [-0.39, 0.29) is 0 Å². The van der Waals surface area contributed by atoms with Crippen LogP contribution in [0.2, 0.25) is 0 Å². The molecule has 2 aromatic rings. The predicted octanol–water partition coefficient (Wildman–Crippen LogP) is 5.15. The van der Waals surface area contributed by atoms with Gasteiger partial charge in [0.25, 0.3) is 0 Å². The summed E-state index contributed by atoms with van der Waals surface area (Å²) < 4.78 is 6.92. The van der Waals surface area contributed by atoms with Gasteiger partial charge in [0.2, 0.25) is 0 Å². The summed E-state index contributed by atoms with van der Waals surface area (Å²) >= 11 is 5.42. The van der Waals surface area contributed by atoms with Gasteiger partial charge in [-0.15, -0.1) is 11.3 Å². The van der Waals surface area contributed by atoms with E-state index in [1.807, 2.05) is 17.4 Å². The smallest absolute Gasteiger partial charge is 0.134 e. The first kappa shape index (κ1) is 16.5. The highest BCUT2D eigenvalue weighted by Gasteiger charge is 2.05. The fraction of sp³-hybridized carbons (Fsp3) is 0.412. The Labute approximate surface area is 139 Å². The molecule has 4 heteroatoms. The molecule has 1 aromatic carbocycles. The Kier molecular flexibility index (Phi) is 6.74. The van der Waals surface area contributed by atoms with E-state index >= 15 is 0 Å². The van der Waals surface area contributed by atoms with E-state index in [1.165, 1.54) is 15.3 Å². The van der Waals surface area contributed by atoms with E-state index in [0.29, 0.717) is 6.61 Å². The van der Waals surface area contributed by atoms with Crippen LogP contribution in [0.3, 0.4) is 0 Å². The molecule has 0 fully saturated rings. The zero-order chi connectivity index (χ0) is 15.1. The molecule has 114 valence electrons. The third kappa shape index (κ3) is 5.13. The maximum atomic E-state index is 5.90. The summed E-state index contributed by atoms with van der Waals surface area (Å²) in [6, 6.07) is 10.6. The van der Waals surface area contributed by atoms with Gasteiger partial charge in [0.1, 0.15) is 12.4 Å². The first-order valence-corrected chi connectivity index (χ1v) is 9.03. The number of halogens is 1. The monoisotopic (exact) mass is 367 g/mol. The van der Waals surface area contributed by atoms with Crippen LogP contribution in [0.4, 0.5) is 0 Å². The van der Waals surface area contributed by atoms with E-state index in [4.69, 9.17) is 4.74 Å². The second-order valence-corrected chi connectivity index (χ2v) is 7.06. The van der Waals surface area contributed by atoms with Crippen molar-refractivity contribution in [2.45, 2.75) is 39.8 Å². The van der Waals surface area contributed by atoms with Gasteiger partial charge < -0.3 is 10.1 Å². The van der Waals surface area contributed by atoms with Gasteiger partial charge in [-0.25, -0.2) is 0 Å². The van der Waals surface area contributed by atoms with Crippen LogP contribution < -0.4 is 10.1 Å². The average molecular weight is 368 g/mol. The second-order valence-electron chi connectivity index (χ2n) is 4.95. The second kappa shape index (κ2) is 8.57. The van der Waals surface area contributed by atoms with Crippen LogP contribution in [0.15, 0.2) is 34.8 Å². The number of aryl methyl sites for hydroxylation is 1. The fourth-order valence-corrected chi connectivity index (χ4v) is 3.43. The lowest BCUT2D eigenvalue weighted by Crippen LogP contribution is -2.13. The number of nitrogens with one attached hydrogen (secondary N) is 1. The third-order valence-electron chi connectivity index (χ3n) is 3.19. The molecule has 2 nitrogen and oxygen atoms in total. The Morgan fingerprint density at radius 1 is 1.14 bits per heavy atom. The molecule has 0 aliphatic rings. The molecular weight excluding hydrogens is 346 g/mol. The molecule has 0 aliphatic carbocycles. The van der Waals surface area contributed by atoms with Crippen molar-refractivity contribution in [2.75, 3.05) is 6.54 Å². The minimum Gasteiger partial charge on any atom is -0.487 e. The molecule has 1 aromatic heterocycles. The van der Waals surface area contributed by atoms with Crippen molar-refractivity contribution in [3.05, 3.63) is 50.1 Å². The number of hydrogen-bond donors (Lipinski definition) is 1. The summed E-state index contributed by atoms with van der Waals surface area (Å²) in [4.78, 5) is 2.68. The van der Waals surface area contributed by atoms with Crippen LogP contribution in [0, 0.1) is 0 Å². The summed E-state index contributed by atoms with van der Waals surface area (Å²) in [7, 11) is 0. The highest BCUT2D eigenvalue weighted by Crippen LogP contribution is 2.28. The van der Waals surface area contributed by atoms with Gasteiger partial charge in [0.15, 0.2) is 0 Å². The Hall–Kier alpha value is -0.840. The number of hydrogen-bond acceptors (Lipinski definition) is 3. The van der Waals surface area contributed by atoms with E-state index in [2.05, 4.69) is 59.4 Å². The molecular formula is C17H22BrNOS. The summed E-state index contributed by atoms with van der Waals surface area (Å²) in [6.45, 7) is 6.94. The van der Waals surface area contributed by atoms with Crippen LogP contribution in [-0.4, -0.2) is 6.54 Å². The van der Waals surface area contributed by atoms with Crippen molar-refractivity contribution in [2.24, 2.45) is 0 Å². The van der Waals surface area contributed by atoms with Gasteiger partial charge in [-0.3, -0.25) is 0 Å². The van der Waals surface area contributed by atoms with Gasteiger partial charge in [0.05, 0.1) is 4.47 Å². The van der Waals surface area contributed by atoms with E-state index < -0.39 is 0 Å². The topological polar surface area (TPSA) is 21.3 Å². The number of ether oxygens (including phenoxy) is 1. The predicted molar refractivity (Wildman–Crippen MR) is 94.2 cm³/mol. The van der Waals surface area contributed by atoms with Crippen LogP contribution in [0.5, 0.6) is 5.75 Å². The summed E-state index contributed by atoms with van der Waals surface area (Å²) in [5.41, 5.74) is 1.27. The first-order chi connectivity index (χ1) is 10.2. The minimum atomic E-state index is 0.636. The van der Waals surface area contributed by atoms with Gasteiger partial charge in [-0.1, -0.05) is 19.9 Å². The van der Waals surface area contributed by atoms with E-state index in [0.717, 1.165) is 36.2 Å². The molecule has 0 unspecified atom stereocenters. The van der Waals surface area contributed by atoms with Crippen LogP contribution in [-0.2, 0) is 19.6 Å². The Morgan fingerprint density at radius 2 is 1.95 bits per heavy atom. The maximum Gasteiger partial charge on any atom is 0.134 e. The van der Waals surface area contributed by atoms with Crippen LogP contribution >= 0.6 is 27.3 Å². The van der Waals surface area contributed by atoms with E-state index in [1.54, 1.807) is 0 Å². The Balaban J connectivity index is 1.91. The standard InChI is InChI=1S/C17H22BrNOS/c1-3-9-19-11-13-5-8-17(16(18)10-13)20-12-15-7-6-14(4-2)21-15/h5-8,10,19H,3-4,9,11-12H2,1-2H3. The molecule has 0 radical (unpaired) electrons. The molecule has 1 N–H and O–H groups in total. The number of benzene rings is 1. The minimum absolute atomic E-state index is 0.636. The molecule has 0 spiro atoms. The SMILES string of the molecule is CCCNCc1ccc(OCc2ccc(CC)s2)c(Br)c1. The molecule has 0 bridgehead atoms. The van der Waals surface area contributed by atoms with Crippen molar-refractivity contribution in [1.29, 1.82) is 0 Å². The highest BCUT2D eigenvalue weighted by atomic mass is 79.9. The fourth-order valence-electron chi connectivity index (χ4n) is 2.02. The van der Waals surface area contributed by atoms with Crippen molar-refractivity contribution < 1.29 is 4.74 Å². The van der Waals surface area contributed by atoms with E-state index in [9.17, 15) is 0 Å². The summed E-state index contributed by atoms with van der Waals surface area (Å²) in [6.07, 6.45) is 2.25. The average Bonchev–Trinajstić information content (AvgIpc) is 2.95. The number of rotatable bonds is 8. The largest absolute Gasteiger partial charge is 0.487 e. The normalized spacial score (nSPS) is 10.8. The Morgan fingerprint density at radius 3 is 2.62 bits per heavy atom. The lowest BCUT2D eigenvalue weighted by molar-refractivity contribution is 0.307. The molecule has 21 heavy (non-hydrogen) atoms. The molecule has 2 rings (SSSR count). The molecule has 0 atom stereocenters. The summed E-state index contributed by atoms with van der Waals surface area (Å²) in [5.74, 6) is 0.903. The third-order valence-corrected chi connectivity index (χ3v) is 5.01. The number of thiophene rings is 1. The zero-order valence-electron chi connectivity index (χ0n) is 12.6. The van der Waals surface area contributed by atoms with Gasteiger partial charge >= 0.3 is 0 Å². The van der Waals surface area contributed by atoms with Gasteiger partial charge in [-0.2, -0.15) is 0 Å². The van der Waals surface area contributed by atoms with Crippen LogP contribution in [0.25, 0.3) is 0 Å². The van der Waals surface area contributed by atoms with Crippen molar-refractivity contribution in [3.8, 4) is 5.75 Å². The van der Waals surface area contributed by atoms with Gasteiger partial charge in [0, 0.05) is 16.3 Å². The molecule has 0 saturated carbocycles. The highest BCUT2D eigenvalue weighted by molar-refractivity contribution is 9.10. The molecule has 0 amide bonds. The quantitative estimate of drug-likeness (QED) is 0.651. The Bertz CT molecular complexity index is 568. The lowest BCUT2D eigenvalue weighted by atomic mass is 10.2. The zero-order valence-corrected chi connectivity index (χ0v) is 15.0. The van der Waals surface area contributed by atoms with Gasteiger partial charge in [-0.05, 0) is 65.1 Å².